The number of benzene rings is 1. The molecule has 106 valence electrons. The van der Waals surface area contributed by atoms with Gasteiger partial charge in [-0.2, -0.15) is 0 Å². The van der Waals surface area contributed by atoms with Crippen molar-refractivity contribution < 1.29 is 8.42 Å². The molecule has 0 saturated heterocycles. The molecule has 0 unspecified atom stereocenters. The summed E-state index contributed by atoms with van der Waals surface area (Å²) < 4.78 is 27.8. The molecule has 0 amide bonds. The summed E-state index contributed by atoms with van der Waals surface area (Å²) in [6.45, 7) is 1.69. The summed E-state index contributed by atoms with van der Waals surface area (Å²) >= 11 is 9.14. The lowest BCUT2D eigenvalue weighted by atomic mass is 10.3. The molecule has 2 aromatic rings. The summed E-state index contributed by atoms with van der Waals surface area (Å²) in [6.07, 6.45) is 0. The zero-order chi connectivity index (χ0) is 14.9. The molecule has 1 heterocycles. The van der Waals surface area contributed by atoms with Crippen LogP contribution in [0.25, 0.3) is 0 Å². The van der Waals surface area contributed by atoms with Crippen molar-refractivity contribution in [2.45, 2.75) is 11.8 Å². The molecule has 20 heavy (non-hydrogen) atoms. The van der Waals surface area contributed by atoms with Gasteiger partial charge in [0.05, 0.1) is 22.1 Å². The van der Waals surface area contributed by atoms with Crippen LogP contribution in [0.15, 0.2) is 39.8 Å². The van der Waals surface area contributed by atoms with E-state index >= 15 is 0 Å². The Balaban J connectivity index is 2.46. The van der Waals surface area contributed by atoms with Gasteiger partial charge in [-0.25, -0.2) is 13.4 Å². The second kappa shape index (κ2) is 5.59. The van der Waals surface area contributed by atoms with E-state index in [0.29, 0.717) is 16.0 Å². The summed E-state index contributed by atoms with van der Waals surface area (Å²) in [4.78, 5) is 3.99. The number of anilines is 2. The van der Waals surface area contributed by atoms with E-state index in [1.54, 1.807) is 25.1 Å². The summed E-state index contributed by atoms with van der Waals surface area (Å²) in [5.41, 5.74) is 6.69. The maximum Gasteiger partial charge on any atom is 0.265 e. The van der Waals surface area contributed by atoms with Crippen LogP contribution in [-0.4, -0.2) is 13.4 Å². The smallest absolute Gasteiger partial charge is 0.265 e. The third-order valence-corrected chi connectivity index (χ3v) is 4.91. The molecule has 1 aromatic heterocycles. The standard InChI is InChI=1S/C12H11BrClN3O2S/c1-7-10(5-6-11(13)16-7)17-20(18,19)12-8(14)3-2-4-9(12)15/h2-6,17H,15H2,1H3. The Morgan fingerprint density at radius 2 is 2.00 bits per heavy atom. The lowest BCUT2D eigenvalue weighted by Crippen LogP contribution is -2.16. The van der Waals surface area contributed by atoms with Crippen molar-refractivity contribution in [1.29, 1.82) is 0 Å². The molecule has 0 saturated carbocycles. The summed E-state index contributed by atoms with van der Waals surface area (Å²) in [5, 5.41) is 0.0697. The Kier molecular flexibility index (Phi) is 4.22. The fraction of sp³-hybridized carbons (Fsp3) is 0.0833. The van der Waals surface area contributed by atoms with Crippen LogP contribution in [0, 0.1) is 6.92 Å². The highest BCUT2D eigenvalue weighted by Gasteiger charge is 2.22. The first-order chi connectivity index (χ1) is 9.31. The highest BCUT2D eigenvalue weighted by molar-refractivity contribution is 9.10. The quantitative estimate of drug-likeness (QED) is 0.636. The molecule has 5 nitrogen and oxygen atoms in total. The van der Waals surface area contributed by atoms with Crippen molar-refractivity contribution in [2.75, 3.05) is 10.5 Å². The molecule has 3 N–H and O–H groups in total. The van der Waals surface area contributed by atoms with E-state index in [1.165, 1.54) is 12.1 Å². The maximum absolute atomic E-state index is 12.4. The lowest BCUT2D eigenvalue weighted by Gasteiger charge is -2.13. The fourth-order valence-electron chi connectivity index (χ4n) is 1.64. The minimum Gasteiger partial charge on any atom is -0.398 e. The van der Waals surface area contributed by atoms with Gasteiger partial charge in [-0.05, 0) is 47.1 Å². The van der Waals surface area contributed by atoms with E-state index in [1.807, 2.05) is 0 Å². The van der Waals surface area contributed by atoms with Gasteiger partial charge in [-0.15, -0.1) is 0 Å². The number of halogens is 2. The molecule has 0 radical (unpaired) electrons. The Morgan fingerprint density at radius 3 is 2.60 bits per heavy atom. The minimum atomic E-state index is -3.87. The minimum absolute atomic E-state index is 0.0697. The van der Waals surface area contributed by atoms with E-state index in [4.69, 9.17) is 17.3 Å². The number of aryl methyl sites for hydroxylation is 1. The van der Waals surface area contributed by atoms with Crippen molar-refractivity contribution in [3.63, 3.8) is 0 Å². The van der Waals surface area contributed by atoms with Crippen molar-refractivity contribution in [2.24, 2.45) is 0 Å². The molecule has 0 atom stereocenters. The number of hydrogen-bond acceptors (Lipinski definition) is 4. The van der Waals surface area contributed by atoms with E-state index in [9.17, 15) is 8.42 Å². The van der Waals surface area contributed by atoms with Gasteiger partial charge in [0.2, 0.25) is 0 Å². The van der Waals surface area contributed by atoms with E-state index in [-0.39, 0.29) is 15.6 Å². The van der Waals surface area contributed by atoms with Crippen LogP contribution in [0.1, 0.15) is 5.69 Å². The molecule has 0 bridgehead atoms. The largest absolute Gasteiger partial charge is 0.398 e. The number of nitrogens with two attached hydrogens (primary N) is 1. The molecule has 1 aromatic carbocycles. The van der Waals surface area contributed by atoms with Crippen molar-refractivity contribution in [3.8, 4) is 0 Å². The molecule has 0 aliphatic heterocycles. The van der Waals surface area contributed by atoms with Gasteiger partial charge in [-0.3, -0.25) is 4.72 Å². The highest BCUT2D eigenvalue weighted by Crippen LogP contribution is 2.29. The zero-order valence-corrected chi connectivity index (χ0v) is 13.6. The molecule has 0 fully saturated rings. The number of sulfonamides is 1. The van der Waals surface area contributed by atoms with Crippen LogP contribution in [0.5, 0.6) is 0 Å². The number of hydrogen-bond donors (Lipinski definition) is 2. The first-order valence-corrected chi connectivity index (χ1v) is 8.16. The molecular formula is C12H11BrClN3O2S. The van der Waals surface area contributed by atoms with E-state index in [0.717, 1.165) is 0 Å². The van der Waals surface area contributed by atoms with Crippen LogP contribution >= 0.6 is 27.5 Å². The zero-order valence-electron chi connectivity index (χ0n) is 10.4. The maximum atomic E-state index is 12.4. The Labute approximate surface area is 130 Å². The van der Waals surface area contributed by atoms with Gasteiger partial charge in [-0.1, -0.05) is 17.7 Å². The highest BCUT2D eigenvalue weighted by atomic mass is 79.9. The first kappa shape index (κ1) is 15.1. The lowest BCUT2D eigenvalue weighted by molar-refractivity contribution is 0.601. The van der Waals surface area contributed by atoms with Crippen LogP contribution in [-0.2, 0) is 10.0 Å². The Hall–Kier alpha value is -1.31. The summed E-state index contributed by atoms with van der Waals surface area (Å²) in [5.74, 6) is 0. The SMILES string of the molecule is Cc1nc(Br)ccc1NS(=O)(=O)c1c(N)cccc1Cl. The monoisotopic (exact) mass is 375 g/mol. The molecule has 8 heteroatoms. The van der Waals surface area contributed by atoms with Crippen LogP contribution < -0.4 is 10.5 Å². The number of rotatable bonds is 3. The van der Waals surface area contributed by atoms with E-state index in [2.05, 4.69) is 25.6 Å². The number of nitrogens with one attached hydrogen (secondary N) is 1. The van der Waals surface area contributed by atoms with E-state index < -0.39 is 10.0 Å². The number of aromatic nitrogens is 1. The van der Waals surface area contributed by atoms with Gasteiger partial charge in [0.25, 0.3) is 10.0 Å². The van der Waals surface area contributed by atoms with Crippen LogP contribution in [0.4, 0.5) is 11.4 Å². The summed E-state index contributed by atoms with van der Waals surface area (Å²) in [7, 11) is -3.87. The number of pyridine rings is 1. The van der Waals surface area contributed by atoms with Crippen LogP contribution in [0.2, 0.25) is 5.02 Å². The van der Waals surface area contributed by atoms with Gasteiger partial charge in [0.1, 0.15) is 9.50 Å². The average molecular weight is 377 g/mol. The van der Waals surface area contributed by atoms with Crippen LogP contribution in [0.3, 0.4) is 0 Å². The summed E-state index contributed by atoms with van der Waals surface area (Å²) in [6, 6.07) is 7.78. The van der Waals surface area contributed by atoms with Crippen molar-refractivity contribution in [3.05, 3.63) is 45.7 Å². The molecule has 2 rings (SSSR count). The molecule has 0 aliphatic carbocycles. The first-order valence-electron chi connectivity index (χ1n) is 5.51. The predicted molar refractivity (Wildman–Crippen MR) is 83.3 cm³/mol. The average Bonchev–Trinajstić information content (AvgIpc) is 2.32. The normalized spacial score (nSPS) is 11.3. The molecular weight excluding hydrogens is 366 g/mol. The second-order valence-electron chi connectivity index (χ2n) is 4.03. The van der Waals surface area contributed by atoms with Gasteiger partial charge in [0, 0.05) is 0 Å². The van der Waals surface area contributed by atoms with Crippen molar-refractivity contribution in [1.82, 2.24) is 4.98 Å². The number of nitrogens with zero attached hydrogens (tertiary/aromatic N) is 1. The van der Waals surface area contributed by atoms with Crippen molar-refractivity contribution >= 4 is 48.9 Å². The fourth-order valence-corrected chi connectivity index (χ4v) is 3.84. The topological polar surface area (TPSA) is 85.1 Å². The predicted octanol–water partition coefficient (Wildman–Crippen LogP) is 3.19. The molecule has 0 spiro atoms. The third kappa shape index (κ3) is 3.05. The van der Waals surface area contributed by atoms with Gasteiger partial charge < -0.3 is 5.73 Å². The third-order valence-electron chi connectivity index (χ3n) is 2.56. The second-order valence-corrected chi connectivity index (χ2v) is 6.87. The van der Waals surface area contributed by atoms with Gasteiger partial charge >= 0.3 is 0 Å². The Morgan fingerprint density at radius 1 is 1.30 bits per heavy atom. The van der Waals surface area contributed by atoms with Gasteiger partial charge in [0.15, 0.2) is 0 Å². The number of nitrogen functional groups attached to an aromatic ring is 1. The Bertz CT molecular complexity index is 745. The molecule has 0 aliphatic rings.